The van der Waals surface area contributed by atoms with E-state index in [2.05, 4.69) is 5.10 Å². The molecule has 1 N–H and O–H groups in total. The van der Waals surface area contributed by atoms with Gasteiger partial charge in [0.15, 0.2) is 0 Å². The van der Waals surface area contributed by atoms with E-state index < -0.39 is 0 Å². The van der Waals surface area contributed by atoms with E-state index in [1.165, 1.54) is 4.52 Å². The van der Waals surface area contributed by atoms with Crippen LogP contribution in [0, 0.1) is 11.3 Å². The van der Waals surface area contributed by atoms with Crippen LogP contribution in [-0.4, -0.2) is 14.7 Å². The van der Waals surface area contributed by atoms with Crippen molar-refractivity contribution < 1.29 is 5.11 Å². The molecular weight excluding hydrogens is 226 g/mol. The SMILES string of the molecule is N#Cc1c(O)c(C2CC2)c(Cl)n2nccc12. The van der Waals surface area contributed by atoms with Crippen molar-refractivity contribution in [3.63, 3.8) is 0 Å². The Kier molecular flexibility index (Phi) is 1.86. The maximum atomic E-state index is 10.0. The van der Waals surface area contributed by atoms with Crippen molar-refractivity contribution in [2.24, 2.45) is 0 Å². The first-order valence-electron chi connectivity index (χ1n) is 5.02. The summed E-state index contributed by atoms with van der Waals surface area (Å²) in [5, 5.41) is 23.6. The van der Waals surface area contributed by atoms with Crippen LogP contribution in [0.4, 0.5) is 0 Å². The number of halogens is 1. The highest BCUT2D eigenvalue weighted by molar-refractivity contribution is 6.31. The number of hydrogen-bond acceptors (Lipinski definition) is 3. The number of nitriles is 1. The molecule has 2 aromatic rings. The van der Waals surface area contributed by atoms with Crippen LogP contribution in [0.25, 0.3) is 5.52 Å². The second kappa shape index (κ2) is 3.13. The minimum Gasteiger partial charge on any atom is -0.506 e. The molecule has 1 saturated carbocycles. The quantitative estimate of drug-likeness (QED) is 0.770. The first kappa shape index (κ1) is 9.49. The fourth-order valence-corrected chi connectivity index (χ4v) is 2.34. The van der Waals surface area contributed by atoms with Crippen LogP contribution in [0.15, 0.2) is 12.3 Å². The lowest BCUT2D eigenvalue weighted by Gasteiger charge is -2.09. The molecule has 0 atom stereocenters. The summed E-state index contributed by atoms with van der Waals surface area (Å²) >= 11 is 6.18. The van der Waals surface area contributed by atoms with Crippen molar-refractivity contribution >= 4 is 17.1 Å². The van der Waals surface area contributed by atoms with Crippen LogP contribution in [-0.2, 0) is 0 Å². The van der Waals surface area contributed by atoms with Crippen molar-refractivity contribution in [2.45, 2.75) is 18.8 Å². The number of aromatic nitrogens is 2. The average molecular weight is 234 g/mol. The van der Waals surface area contributed by atoms with E-state index in [1.807, 2.05) is 6.07 Å². The average Bonchev–Trinajstić information content (AvgIpc) is 2.96. The Labute approximate surface area is 96.7 Å². The third kappa shape index (κ3) is 1.12. The standard InChI is InChI=1S/C11H8ClN3O/c12-11-9(6-1-2-6)10(16)7(5-13)8-3-4-14-15(8)11/h3-4,6,16H,1-2H2. The van der Waals surface area contributed by atoms with Crippen LogP contribution in [0.3, 0.4) is 0 Å². The molecule has 1 aliphatic rings. The van der Waals surface area contributed by atoms with E-state index in [0.29, 0.717) is 16.2 Å². The summed E-state index contributed by atoms with van der Waals surface area (Å²) < 4.78 is 1.51. The van der Waals surface area contributed by atoms with E-state index in [-0.39, 0.29) is 17.2 Å². The van der Waals surface area contributed by atoms with Gasteiger partial charge in [-0.1, -0.05) is 11.6 Å². The number of hydrogen-bond donors (Lipinski definition) is 1. The van der Waals surface area contributed by atoms with E-state index in [1.54, 1.807) is 12.3 Å². The highest BCUT2D eigenvalue weighted by atomic mass is 35.5. The maximum absolute atomic E-state index is 10.0. The summed E-state index contributed by atoms with van der Waals surface area (Å²) in [6.07, 6.45) is 3.58. The van der Waals surface area contributed by atoms with Gasteiger partial charge in [0, 0.05) is 5.56 Å². The Balaban J connectivity index is 2.46. The zero-order valence-electron chi connectivity index (χ0n) is 8.31. The Morgan fingerprint density at radius 1 is 1.56 bits per heavy atom. The van der Waals surface area contributed by atoms with Crippen molar-refractivity contribution in [1.29, 1.82) is 5.26 Å². The van der Waals surface area contributed by atoms with Gasteiger partial charge in [0.2, 0.25) is 0 Å². The van der Waals surface area contributed by atoms with E-state index in [0.717, 1.165) is 12.8 Å². The van der Waals surface area contributed by atoms with E-state index in [4.69, 9.17) is 16.9 Å². The molecule has 4 nitrogen and oxygen atoms in total. The van der Waals surface area contributed by atoms with Gasteiger partial charge in [-0.2, -0.15) is 10.4 Å². The normalized spacial score (nSPS) is 15.2. The molecular formula is C11H8ClN3O. The van der Waals surface area contributed by atoms with Gasteiger partial charge in [0.05, 0.1) is 11.7 Å². The van der Waals surface area contributed by atoms with Crippen LogP contribution >= 0.6 is 11.6 Å². The molecule has 0 amide bonds. The molecule has 0 aromatic carbocycles. The van der Waals surface area contributed by atoms with E-state index >= 15 is 0 Å². The Morgan fingerprint density at radius 3 is 2.94 bits per heavy atom. The third-order valence-electron chi connectivity index (χ3n) is 2.90. The zero-order valence-corrected chi connectivity index (χ0v) is 9.07. The molecule has 0 spiro atoms. The van der Waals surface area contributed by atoms with Gasteiger partial charge in [-0.25, -0.2) is 4.52 Å². The lowest BCUT2D eigenvalue weighted by atomic mass is 10.1. The number of fused-ring (bicyclic) bond motifs is 1. The number of aromatic hydroxyl groups is 1. The first-order chi connectivity index (χ1) is 7.74. The monoisotopic (exact) mass is 233 g/mol. The Bertz CT molecular complexity index is 622. The third-order valence-corrected chi connectivity index (χ3v) is 3.26. The second-order valence-electron chi connectivity index (χ2n) is 3.94. The maximum Gasteiger partial charge on any atom is 0.142 e. The van der Waals surface area contributed by atoms with E-state index in [9.17, 15) is 5.11 Å². The molecule has 0 unspecified atom stereocenters. The molecule has 0 saturated heterocycles. The summed E-state index contributed by atoms with van der Waals surface area (Å²) in [6.45, 7) is 0. The van der Waals surface area contributed by atoms with Gasteiger partial charge in [0.25, 0.3) is 0 Å². The molecule has 1 fully saturated rings. The lowest BCUT2D eigenvalue weighted by Crippen LogP contribution is -1.98. The lowest BCUT2D eigenvalue weighted by molar-refractivity contribution is 0.466. The molecule has 2 aromatic heterocycles. The first-order valence-corrected chi connectivity index (χ1v) is 5.40. The summed E-state index contributed by atoms with van der Waals surface area (Å²) in [5.41, 5.74) is 1.47. The smallest absolute Gasteiger partial charge is 0.142 e. The number of nitrogens with zero attached hydrogens (tertiary/aromatic N) is 3. The molecule has 80 valence electrons. The Morgan fingerprint density at radius 2 is 2.31 bits per heavy atom. The van der Waals surface area contributed by atoms with Gasteiger partial charge < -0.3 is 5.11 Å². The predicted octanol–water partition coefficient (Wildman–Crippen LogP) is 2.44. The molecule has 0 radical (unpaired) electrons. The van der Waals surface area contributed by atoms with Crippen molar-refractivity contribution in [3.05, 3.63) is 28.5 Å². The highest BCUT2D eigenvalue weighted by Gasteiger charge is 2.32. The van der Waals surface area contributed by atoms with Gasteiger partial charge in [-0.3, -0.25) is 0 Å². The number of rotatable bonds is 1. The van der Waals surface area contributed by atoms with Gasteiger partial charge in [0.1, 0.15) is 22.5 Å². The van der Waals surface area contributed by atoms with Crippen molar-refractivity contribution in [2.75, 3.05) is 0 Å². The molecule has 2 heterocycles. The fourth-order valence-electron chi connectivity index (χ4n) is 1.96. The molecule has 16 heavy (non-hydrogen) atoms. The topological polar surface area (TPSA) is 61.3 Å². The predicted molar refractivity (Wildman–Crippen MR) is 58.6 cm³/mol. The molecule has 5 heteroatoms. The molecule has 0 bridgehead atoms. The molecule has 3 rings (SSSR count). The summed E-state index contributed by atoms with van der Waals surface area (Å²) in [5.74, 6) is 0.288. The highest BCUT2D eigenvalue weighted by Crippen LogP contribution is 2.48. The van der Waals surface area contributed by atoms with Gasteiger partial charge in [-0.15, -0.1) is 0 Å². The van der Waals surface area contributed by atoms with Crippen LogP contribution in [0.1, 0.15) is 29.9 Å². The van der Waals surface area contributed by atoms with Crippen molar-refractivity contribution in [1.82, 2.24) is 9.61 Å². The van der Waals surface area contributed by atoms with Crippen molar-refractivity contribution in [3.8, 4) is 11.8 Å². The van der Waals surface area contributed by atoms with Crippen LogP contribution in [0.5, 0.6) is 5.75 Å². The zero-order chi connectivity index (χ0) is 11.3. The van der Waals surface area contributed by atoms with Crippen LogP contribution in [0.2, 0.25) is 5.15 Å². The van der Waals surface area contributed by atoms with Gasteiger partial charge in [-0.05, 0) is 24.8 Å². The minimum atomic E-state index is 0.0167. The molecule has 1 aliphatic carbocycles. The summed E-state index contributed by atoms with van der Waals surface area (Å²) in [7, 11) is 0. The molecule has 0 aliphatic heterocycles. The minimum absolute atomic E-state index is 0.0167. The van der Waals surface area contributed by atoms with Crippen LogP contribution < -0.4 is 0 Å². The second-order valence-corrected chi connectivity index (χ2v) is 4.30. The summed E-state index contributed by atoms with van der Waals surface area (Å²) in [6, 6.07) is 3.67. The fraction of sp³-hybridized carbons (Fsp3) is 0.273. The Hall–Kier alpha value is -1.73. The summed E-state index contributed by atoms with van der Waals surface area (Å²) in [4.78, 5) is 0. The number of pyridine rings is 1. The van der Waals surface area contributed by atoms with Gasteiger partial charge >= 0.3 is 0 Å². The largest absolute Gasteiger partial charge is 0.506 e.